The van der Waals surface area contributed by atoms with Crippen molar-refractivity contribution in [3.05, 3.63) is 53.6 Å². The van der Waals surface area contributed by atoms with Gasteiger partial charge < -0.3 is 4.90 Å². The van der Waals surface area contributed by atoms with Crippen LogP contribution in [0.3, 0.4) is 0 Å². The predicted octanol–water partition coefficient (Wildman–Crippen LogP) is 6.01. The van der Waals surface area contributed by atoms with E-state index < -0.39 is 0 Å². The average molecular weight is 309 g/mol. The summed E-state index contributed by atoms with van der Waals surface area (Å²) in [6, 6.07) is 15.5. The Kier molecular flexibility index (Phi) is 4.61. The van der Waals surface area contributed by atoms with Gasteiger partial charge in [0.25, 0.3) is 0 Å². The first-order valence-corrected chi connectivity index (χ1v) is 8.44. The van der Waals surface area contributed by atoms with Crippen LogP contribution in [0.5, 0.6) is 0 Å². The molecule has 0 aromatic heterocycles. The molecule has 0 unspecified atom stereocenters. The normalized spacial score (nSPS) is 12.3. The van der Waals surface area contributed by atoms with Gasteiger partial charge in [-0.05, 0) is 33.6 Å². The number of hydrogen-bond acceptors (Lipinski definition) is 1. The van der Waals surface area contributed by atoms with Gasteiger partial charge in [0.15, 0.2) is 0 Å². The largest absolute Gasteiger partial charge is 0.377 e. The lowest BCUT2D eigenvalue weighted by Crippen LogP contribution is -2.23. The Morgan fingerprint density at radius 2 is 1.22 bits per heavy atom. The lowest BCUT2D eigenvalue weighted by atomic mass is 9.72. The van der Waals surface area contributed by atoms with Crippen LogP contribution in [0.2, 0.25) is 0 Å². The molecule has 0 amide bonds. The molecule has 1 nitrogen and oxygen atoms in total. The topological polar surface area (TPSA) is 3.24 Å². The van der Waals surface area contributed by atoms with Crippen molar-refractivity contribution in [1.29, 1.82) is 0 Å². The summed E-state index contributed by atoms with van der Waals surface area (Å²) in [6.45, 7) is 13.9. The maximum Gasteiger partial charge on any atom is 0.0440 e. The minimum absolute atomic E-state index is 0.0959. The second-order valence-corrected chi connectivity index (χ2v) is 8.64. The average Bonchev–Trinajstić information content (AvgIpc) is 2.44. The summed E-state index contributed by atoms with van der Waals surface area (Å²) < 4.78 is 0. The van der Waals surface area contributed by atoms with E-state index >= 15 is 0 Å². The summed E-state index contributed by atoms with van der Waals surface area (Å²) in [5, 5.41) is 0. The first kappa shape index (κ1) is 17.6. The van der Waals surface area contributed by atoms with Gasteiger partial charge in [0.2, 0.25) is 0 Å². The van der Waals surface area contributed by atoms with Crippen molar-refractivity contribution in [2.24, 2.45) is 0 Å². The van der Waals surface area contributed by atoms with Crippen LogP contribution in [-0.2, 0) is 10.8 Å². The molecule has 0 N–H and O–H groups in total. The second kappa shape index (κ2) is 6.03. The molecular formula is C22H31N. The third-order valence-electron chi connectivity index (χ3n) is 4.30. The fraction of sp³-hybridized carbons (Fsp3) is 0.455. The highest BCUT2D eigenvalue weighted by molar-refractivity contribution is 5.82. The molecule has 2 aromatic carbocycles. The van der Waals surface area contributed by atoms with Crippen LogP contribution in [0.15, 0.2) is 42.5 Å². The first-order valence-electron chi connectivity index (χ1n) is 8.44. The molecule has 2 aromatic rings. The Bertz CT molecular complexity index is 682. The van der Waals surface area contributed by atoms with Crippen LogP contribution < -0.4 is 4.90 Å². The minimum atomic E-state index is 0.0959. The number of rotatable bonds is 2. The molecule has 1 heteroatoms. The van der Waals surface area contributed by atoms with Gasteiger partial charge in [0.1, 0.15) is 0 Å². The molecule has 124 valence electrons. The molecular weight excluding hydrogens is 278 g/mol. The van der Waals surface area contributed by atoms with E-state index in [1.165, 1.54) is 27.9 Å². The summed E-state index contributed by atoms with van der Waals surface area (Å²) in [5.41, 5.74) is 7.06. The number of para-hydroxylation sites is 1. The maximum atomic E-state index is 2.32. The molecule has 2 rings (SSSR count). The lowest BCUT2D eigenvalue weighted by molar-refractivity contribution is 0.531. The van der Waals surface area contributed by atoms with E-state index in [4.69, 9.17) is 0 Å². The van der Waals surface area contributed by atoms with Gasteiger partial charge in [-0.2, -0.15) is 0 Å². The summed E-state index contributed by atoms with van der Waals surface area (Å²) in [7, 11) is 4.23. The third kappa shape index (κ3) is 3.60. The fourth-order valence-electron chi connectivity index (χ4n) is 3.30. The first-order chi connectivity index (χ1) is 10.5. The summed E-state index contributed by atoms with van der Waals surface area (Å²) >= 11 is 0. The molecule has 0 bridgehead atoms. The third-order valence-corrected chi connectivity index (χ3v) is 4.30. The van der Waals surface area contributed by atoms with E-state index in [1.54, 1.807) is 0 Å². The van der Waals surface area contributed by atoms with E-state index in [-0.39, 0.29) is 10.8 Å². The van der Waals surface area contributed by atoms with Crippen LogP contribution in [0.1, 0.15) is 52.7 Å². The van der Waals surface area contributed by atoms with Gasteiger partial charge in [-0.3, -0.25) is 0 Å². The van der Waals surface area contributed by atoms with E-state index in [0.29, 0.717) is 0 Å². The van der Waals surface area contributed by atoms with Crippen LogP contribution in [0.4, 0.5) is 5.69 Å². The van der Waals surface area contributed by atoms with Crippen molar-refractivity contribution in [2.75, 3.05) is 19.0 Å². The molecule has 0 saturated heterocycles. The quantitative estimate of drug-likeness (QED) is 0.656. The van der Waals surface area contributed by atoms with Crippen molar-refractivity contribution in [3.8, 4) is 11.1 Å². The Balaban J connectivity index is 2.84. The number of nitrogens with zero attached hydrogens (tertiary/aromatic N) is 1. The van der Waals surface area contributed by atoms with Gasteiger partial charge in [0, 0.05) is 25.3 Å². The van der Waals surface area contributed by atoms with Gasteiger partial charge in [-0.1, -0.05) is 77.9 Å². The highest BCUT2D eigenvalue weighted by atomic mass is 15.1. The summed E-state index contributed by atoms with van der Waals surface area (Å²) in [4.78, 5) is 2.20. The number of anilines is 1. The summed E-state index contributed by atoms with van der Waals surface area (Å²) in [6.07, 6.45) is 0. The molecule has 0 atom stereocenters. The SMILES string of the molecule is CN(C)c1ccccc1-c1cccc(C(C)(C)C)c1C(C)(C)C. The highest BCUT2D eigenvalue weighted by Crippen LogP contribution is 2.42. The van der Waals surface area contributed by atoms with Crippen LogP contribution in [0, 0.1) is 0 Å². The van der Waals surface area contributed by atoms with Crippen molar-refractivity contribution in [2.45, 2.75) is 52.4 Å². The highest BCUT2D eigenvalue weighted by Gasteiger charge is 2.28. The Labute approximate surface area is 142 Å². The molecule has 0 aliphatic rings. The van der Waals surface area contributed by atoms with Gasteiger partial charge in [0.05, 0.1) is 0 Å². The molecule has 23 heavy (non-hydrogen) atoms. The summed E-state index contributed by atoms with van der Waals surface area (Å²) in [5.74, 6) is 0. The van der Waals surface area contributed by atoms with Gasteiger partial charge in [-0.15, -0.1) is 0 Å². The van der Waals surface area contributed by atoms with Crippen LogP contribution >= 0.6 is 0 Å². The Hall–Kier alpha value is -1.76. The maximum absolute atomic E-state index is 2.32. The molecule has 0 saturated carbocycles. The molecule has 0 radical (unpaired) electrons. The molecule has 0 aliphatic carbocycles. The molecule has 0 aliphatic heterocycles. The van der Waals surface area contributed by atoms with E-state index in [1.807, 2.05) is 0 Å². The standard InChI is InChI=1S/C22H31N/c1-21(2,3)18-14-11-13-17(20(18)22(4,5)6)16-12-9-10-15-19(16)23(7)8/h9-15H,1-8H3. The molecule has 0 fully saturated rings. The van der Waals surface area contributed by atoms with Gasteiger partial charge in [-0.25, -0.2) is 0 Å². The second-order valence-electron chi connectivity index (χ2n) is 8.64. The van der Waals surface area contributed by atoms with Crippen molar-refractivity contribution in [3.63, 3.8) is 0 Å². The van der Waals surface area contributed by atoms with Crippen LogP contribution in [0.25, 0.3) is 11.1 Å². The van der Waals surface area contributed by atoms with Gasteiger partial charge >= 0.3 is 0 Å². The van der Waals surface area contributed by atoms with Crippen molar-refractivity contribution < 1.29 is 0 Å². The van der Waals surface area contributed by atoms with E-state index in [9.17, 15) is 0 Å². The molecule has 0 spiro atoms. The van der Waals surface area contributed by atoms with Crippen LogP contribution in [-0.4, -0.2) is 14.1 Å². The van der Waals surface area contributed by atoms with E-state index in [0.717, 1.165) is 0 Å². The minimum Gasteiger partial charge on any atom is -0.377 e. The fourth-order valence-corrected chi connectivity index (χ4v) is 3.30. The predicted molar refractivity (Wildman–Crippen MR) is 104 cm³/mol. The zero-order valence-electron chi connectivity index (χ0n) is 16.0. The van der Waals surface area contributed by atoms with E-state index in [2.05, 4.69) is 103 Å². The number of benzene rings is 2. The number of hydrogen-bond donors (Lipinski definition) is 0. The zero-order chi connectivity index (χ0) is 17.4. The van der Waals surface area contributed by atoms with Crippen molar-refractivity contribution >= 4 is 5.69 Å². The Morgan fingerprint density at radius 1 is 0.652 bits per heavy atom. The smallest absolute Gasteiger partial charge is 0.0440 e. The zero-order valence-corrected chi connectivity index (χ0v) is 16.0. The van der Waals surface area contributed by atoms with Crippen molar-refractivity contribution in [1.82, 2.24) is 0 Å². The monoisotopic (exact) mass is 309 g/mol. The molecule has 0 heterocycles. The Morgan fingerprint density at radius 3 is 1.74 bits per heavy atom. The lowest BCUT2D eigenvalue weighted by Gasteiger charge is -2.33.